The van der Waals surface area contributed by atoms with E-state index in [2.05, 4.69) is 12.2 Å². The molecule has 0 radical (unpaired) electrons. The fourth-order valence-corrected chi connectivity index (χ4v) is 2.87. The Bertz CT molecular complexity index is 386. The highest BCUT2D eigenvalue weighted by Gasteiger charge is 2.27. The van der Waals surface area contributed by atoms with Gasteiger partial charge in [-0.05, 0) is 49.9 Å². The predicted octanol–water partition coefficient (Wildman–Crippen LogP) is 4.20. The van der Waals surface area contributed by atoms with Crippen molar-refractivity contribution >= 4 is 0 Å². The molecular weight excluding hydrogens is 232 g/mol. The summed E-state index contributed by atoms with van der Waals surface area (Å²) in [4.78, 5) is 0. The van der Waals surface area contributed by atoms with E-state index in [9.17, 15) is 8.78 Å². The Morgan fingerprint density at radius 1 is 1.28 bits per heavy atom. The van der Waals surface area contributed by atoms with Crippen molar-refractivity contribution in [3.63, 3.8) is 0 Å². The fraction of sp³-hybridized carbons (Fsp3) is 0.600. The van der Waals surface area contributed by atoms with E-state index in [4.69, 9.17) is 0 Å². The van der Waals surface area contributed by atoms with E-state index in [0.29, 0.717) is 11.5 Å². The third-order valence-electron chi connectivity index (χ3n) is 3.78. The standard InChI is InChI=1S/C15H21F2N/c1-2-9-18-15(11-5-3-4-6-11)13-10-12(16)7-8-14(13)17/h7-8,10-11,15,18H,2-6,9H2,1H3. The molecule has 1 aromatic carbocycles. The maximum absolute atomic E-state index is 13.9. The largest absolute Gasteiger partial charge is 0.310 e. The molecule has 0 heterocycles. The SMILES string of the molecule is CCCNC(c1cc(F)ccc1F)C1CCCC1. The molecule has 2 rings (SSSR count). The summed E-state index contributed by atoms with van der Waals surface area (Å²) >= 11 is 0. The van der Waals surface area contributed by atoms with Crippen LogP contribution in [0, 0.1) is 17.6 Å². The zero-order chi connectivity index (χ0) is 13.0. The van der Waals surface area contributed by atoms with Gasteiger partial charge in [-0.1, -0.05) is 19.8 Å². The number of nitrogens with one attached hydrogen (secondary N) is 1. The molecule has 3 heteroatoms. The molecule has 1 aliphatic rings. The van der Waals surface area contributed by atoms with Gasteiger partial charge in [-0.15, -0.1) is 0 Å². The summed E-state index contributed by atoms with van der Waals surface area (Å²) in [7, 11) is 0. The first-order valence-electron chi connectivity index (χ1n) is 6.90. The Balaban J connectivity index is 2.23. The maximum atomic E-state index is 13.9. The summed E-state index contributed by atoms with van der Waals surface area (Å²) in [5.41, 5.74) is 0.496. The Morgan fingerprint density at radius 3 is 2.67 bits per heavy atom. The van der Waals surface area contributed by atoms with E-state index in [1.54, 1.807) is 0 Å². The van der Waals surface area contributed by atoms with E-state index >= 15 is 0 Å². The van der Waals surface area contributed by atoms with Crippen molar-refractivity contribution in [1.29, 1.82) is 0 Å². The molecule has 100 valence electrons. The summed E-state index contributed by atoms with van der Waals surface area (Å²) in [6.45, 7) is 2.93. The molecule has 0 saturated heterocycles. The van der Waals surface area contributed by atoms with Gasteiger partial charge in [-0.25, -0.2) is 8.78 Å². The molecule has 1 nitrogen and oxygen atoms in total. The predicted molar refractivity (Wildman–Crippen MR) is 69.4 cm³/mol. The zero-order valence-corrected chi connectivity index (χ0v) is 10.9. The molecule has 0 spiro atoms. The minimum absolute atomic E-state index is 0.0388. The summed E-state index contributed by atoms with van der Waals surface area (Å²) in [6.07, 6.45) is 5.62. The van der Waals surface area contributed by atoms with Crippen molar-refractivity contribution < 1.29 is 8.78 Å². The van der Waals surface area contributed by atoms with Crippen LogP contribution in [-0.4, -0.2) is 6.54 Å². The van der Waals surface area contributed by atoms with E-state index in [1.165, 1.54) is 31.0 Å². The van der Waals surface area contributed by atoms with Crippen molar-refractivity contribution in [3.05, 3.63) is 35.4 Å². The van der Waals surface area contributed by atoms with Gasteiger partial charge in [-0.2, -0.15) is 0 Å². The van der Waals surface area contributed by atoms with Gasteiger partial charge in [0.25, 0.3) is 0 Å². The van der Waals surface area contributed by atoms with Crippen molar-refractivity contribution in [1.82, 2.24) is 5.32 Å². The number of hydrogen-bond donors (Lipinski definition) is 1. The summed E-state index contributed by atoms with van der Waals surface area (Å²) in [6, 6.07) is 3.73. The van der Waals surface area contributed by atoms with Crippen LogP contribution in [0.15, 0.2) is 18.2 Å². The minimum atomic E-state index is -0.354. The van der Waals surface area contributed by atoms with Crippen LogP contribution in [0.1, 0.15) is 50.6 Å². The lowest BCUT2D eigenvalue weighted by Crippen LogP contribution is -2.28. The smallest absolute Gasteiger partial charge is 0.128 e. The summed E-state index contributed by atoms with van der Waals surface area (Å²) in [5.74, 6) is -0.211. The van der Waals surface area contributed by atoms with Crippen molar-refractivity contribution in [2.75, 3.05) is 6.54 Å². The van der Waals surface area contributed by atoms with Crippen molar-refractivity contribution in [3.8, 4) is 0 Å². The maximum Gasteiger partial charge on any atom is 0.128 e. The van der Waals surface area contributed by atoms with Gasteiger partial charge in [0.1, 0.15) is 11.6 Å². The highest BCUT2D eigenvalue weighted by Crippen LogP contribution is 2.36. The Hall–Kier alpha value is -0.960. The van der Waals surface area contributed by atoms with E-state index in [1.807, 2.05) is 0 Å². The molecule has 1 aromatic rings. The highest BCUT2D eigenvalue weighted by molar-refractivity contribution is 5.23. The third kappa shape index (κ3) is 3.08. The second-order valence-corrected chi connectivity index (χ2v) is 5.14. The number of rotatable bonds is 5. The van der Waals surface area contributed by atoms with Gasteiger partial charge in [0.15, 0.2) is 0 Å². The first-order valence-corrected chi connectivity index (χ1v) is 6.90. The van der Waals surface area contributed by atoms with E-state index in [-0.39, 0.29) is 17.7 Å². The molecule has 0 aromatic heterocycles. The van der Waals surface area contributed by atoms with Crippen LogP contribution in [-0.2, 0) is 0 Å². The van der Waals surface area contributed by atoms with Crippen molar-refractivity contribution in [2.45, 2.75) is 45.1 Å². The van der Waals surface area contributed by atoms with Gasteiger partial charge in [-0.3, -0.25) is 0 Å². The minimum Gasteiger partial charge on any atom is -0.310 e. The molecule has 1 saturated carbocycles. The van der Waals surface area contributed by atoms with Gasteiger partial charge < -0.3 is 5.32 Å². The van der Waals surface area contributed by atoms with Crippen LogP contribution in [0.4, 0.5) is 8.78 Å². The number of benzene rings is 1. The van der Waals surface area contributed by atoms with Crippen LogP contribution in [0.3, 0.4) is 0 Å². The fourth-order valence-electron chi connectivity index (χ4n) is 2.87. The van der Waals surface area contributed by atoms with Gasteiger partial charge >= 0.3 is 0 Å². The first-order chi connectivity index (χ1) is 8.72. The second-order valence-electron chi connectivity index (χ2n) is 5.14. The monoisotopic (exact) mass is 253 g/mol. The topological polar surface area (TPSA) is 12.0 Å². The molecule has 18 heavy (non-hydrogen) atoms. The summed E-state index contributed by atoms with van der Waals surface area (Å²) < 4.78 is 27.2. The third-order valence-corrected chi connectivity index (χ3v) is 3.78. The van der Waals surface area contributed by atoms with Crippen LogP contribution in [0.5, 0.6) is 0 Å². The number of hydrogen-bond acceptors (Lipinski definition) is 1. The average Bonchev–Trinajstić information content (AvgIpc) is 2.88. The van der Waals surface area contributed by atoms with Crippen LogP contribution < -0.4 is 5.32 Å². The molecule has 0 amide bonds. The van der Waals surface area contributed by atoms with E-state index < -0.39 is 0 Å². The summed E-state index contributed by atoms with van der Waals surface area (Å²) in [5, 5.41) is 3.39. The van der Waals surface area contributed by atoms with Gasteiger partial charge in [0.2, 0.25) is 0 Å². The molecule has 1 N–H and O–H groups in total. The van der Waals surface area contributed by atoms with E-state index in [0.717, 1.165) is 25.8 Å². The lowest BCUT2D eigenvalue weighted by atomic mass is 9.91. The molecule has 0 bridgehead atoms. The lowest BCUT2D eigenvalue weighted by Gasteiger charge is -2.25. The first kappa shape index (κ1) is 13.5. The Morgan fingerprint density at radius 2 is 2.00 bits per heavy atom. The highest BCUT2D eigenvalue weighted by atomic mass is 19.1. The lowest BCUT2D eigenvalue weighted by molar-refractivity contribution is 0.356. The second kappa shape index (κ2) is 6.28. The van der Waals surface area contributed by atoms with Crippen molar-refractivity contribution in [2.24, 2.45) is 5.92 Å². The Kier molecular flexibility index (Phi) is 4.70. The molecule has 1 atom stereocenters. The van der Waals surface area contributed by atoms with Gasteiger partial charge in [0.05, 0.1) is 0 Å². The molecular formula is C15H21F2N. The molecule has 1 aliphatic carbocycles. The average molecular weight is 253 g/mol. The normalized spacial score (nSPS) is 18.2. The Labute approximate surface area is 108 Å². The molecule has 0 aliphatic heterocycles. The zero-order valence-electron chi connectivity index (χ0n) is 10.9. The quantitative estimate of drug-likeness (QED) is 0.829. The van der Waals surface area contributed by atoms with Crippen LogP contribution in [0.25, 0.3) is 0 Å². The van der Waals surface area contributed by atoms with Gasteiger partial charge in [0, 0.05) is 11.6 Å². The molecule has 1 unspecified atom stereocenters. The number of halogens is 2. The van der Waals surface area contributed by atoms with Crippen LogP contribution >= 0.6 is 0 Å². The molecule has 1 fully saturated rings. The van der Waals surface area contributed by atoms with Crippen LogP contribution in [0.2, 0.25) is 0 Å².